The minimum atomic E-state index is 0.382. The molecule has 0 aromatic carbocycles. The summed E-state index contributed by atoms with van der Waals surface area (Å²) in [5, 5.41) is 5.41. The summed E-state index contributed by atoms with van der Waals surface area (Å²) in [6.07, 6.45) is 0. The van der Waals surface area contributed by atoms with Crippen LogP contribution in [0, 0.1) is 0 Å². The lowest BCUT2D eigenvalue weighted by molar-refractivity contribution is 0.598. The van der Waals surface area contributed by atoms with Gasteiger partial charge >= 0.3 is 0 Å². The molecule has 1 aromatic rings. The fourth-order valence-corrected chi connectivity index (χ4v) is 2.29. The van der Waals surface area contributed by atoms with Crippen molar-refractivity contribution in [3.63, 3.8) is 0 Å². The minimum absolute atomic E-state index is 0.382. The molecule has 1 atom stereocenters. The van der Waals surface area contributed by atoms with Crippen LogP contribution in [-0.2, 0) is 6.54 Å². The monoisotopic (exact) mass is 267 g/mol. The van der Waals surface area contributed by atoms with Gasteiger partial charge in [0.15, 0.2) is 0 Å². The van der Waals surface area contributed by atoms with Crippen molar-refractivity contribution in [3.8, 4) is 0 Å². The van der Waals surface area contributed by atoms with Gasteiger partial charge in [-0.25, -0.2) is 0 Å². The van der Waals surface area contributed by atoms with Crippen LogP contribution < -0.4 is 5.32 Å². The number of halogens is 2. The van der Waals surface area contributed by atoms with Crippen LogP contribution in [0.15, 0.2) is 15.9 Å². The average Bonchev–Trinajstić information content (AvgIpc) is 2.47. The first-order valence-corrected chi connectivity index (χ1v) is 5.95. The van der Waals surface area contributed by atoms with Crippen molar-refractivity contribution in [3.05, 3.63) is 20.8 Å². The van der Waals surface area contributed by atoms with Crippen LogP contribution in [-0.4, -0.2) is 11.9 Å². The first-order chi connectivity index (χ1) is 5.72. The molecule has 1 aromatic heterocycles. The van der Waals surface area contributed by atoms with E-state index in [1.165, 1.54) is 4.88 Å². The molecule has 12 heavy (non-hydrogen) atoms. The van der Waals surface area contributed by atoms with Gasteiger partial charge in [-0.15, -0.1) is 22.9 Å². The number of alkyl halides is 1. The van der Waals surface area contributed by atoms with Crippen molar-refractivity contribution >= 4 is 38.9 Å². The van der Waals surface area contributed by atoms with Crippen molar-refractivity contribution in [1.29, 1.82) is 0 Å². The molecule has 0 aliphatic carbocycles. The summed E-state index contributed by atoms with van der Waals surface area (Å²) in [6, 6.07) is 2.51. The lowest BCUT2D eigenvalue weighted by Gasteiger charge is -2.07. The second-order valence-corrected chi connectivity index (χ2v) is 4.89. The van der Waals surface area contributed by atoms with Gasteiger partial charge in [-0.3, -0.25) is 0 Å². The molecule has 0 spiro atoms. The average molecular weight is 269 g/mol. The van der Waals surface area contributed by atoms with Gasteiger partial charge < -0.3 is 5.32 Å². The molecule has 1 nitrogen and oxygen atoms in total. The zero-order chi connectivity index (χ0) is 8.97. The summed E-state index contributed by atoms with van der Waals surface area (Å²) >= 11 is 10.8. The molecule has 0 fully saturated rings. The molecule has 68 valence electrons. The number of nitrogens with one attached hydrogen (secondary N) is 1. The summed E-state index contributed by atoms with van der Waals surface area (Å²) in [6.45, 7) is 2.99. The second-order valence-electron chi connectivity index (χ2n) is 2.67. The first-order valence-electron chi connectivity index (χ1n) is 3.74. The third-order valence-electron chi connectivity index (χ3n) is 1.48. The van der Waals surface area contributed by atoms with Gasteiger partial charge in [-0.05, 0) is 28.9 Å². The highest BCUT2D eigenvalue weighted by atomic mass is 79.9. The van der Waals surface area contributed by atoms with Gasteiger partial charge in [0.1, 0.15) is 0 Å². The van der Waals surface area contributed by atoms with E-state index in [2.05, 4.69) is 39.6 Å². The van der Waals surface area contributed by atoms with Crippen molar-refractivity contribution in [1.82, 2.24) is 5.32 Å². The predicted molar refractivity (Wildman–Crippen MR) is 59.0 cm³/mol. The van der Waals surface area contributed by atoms with Crippen LogP contribution in [0.25, 0.3) is 0 Å². The van der Waals surface area contributed by atoms with Gasteiger partial charge in [0.05, 0.1) is 0 Å². The summed E-state index contributed by atoms with van der Waals surface area (Å²) in [7, 11) is 0. The molecule has 0 amide bonds. The van der Waals surface area contributed by atoms with Crippen molar-refractivity contribution in [2.45, 2.75) is 19.5 Å². The third-order valence-corrected chi connectivity index (χ3v) is 3.64. The quantitative estimate of drug-likeness (QED) is 0.827. The van der Waals surface area contributed by atoms with E-state index in [0.29, 0.717) is 11.9 Å². The van der Waals surface area contributed by atoms with Crippen LogP contribution in [0.1, 0.15) is 11.8 Å². The van der Waals surface area contributed by atoms with Gasteiger partial charge in [0.25, 0.3) is 0 Å². The Labute approximate surface area is 90.3 Å². The Morgan fingerprint density at radius 1 is 1.75 bits per heavy atom. The zero-order valence-corrected chi connectivity index (χ0v) is 9.97. The van der Waals surface area contributed by atoms with Crippen molar-refractivity contribution < 1.29 is 0 Å². The highest BCUT2D eigenvalue weighted by molar-refractivity contribution is 9.10. The molecular formula is C8H11BrClNS. The van der Waals surface area contributed by atoms with Crippen molar-refractivity contribution in [2.75, 3.05) is 5.88 Å². The van der Waals surface area contributed by atoms with E-state index in [1.807, 2.05) is 0 Å². The van der Waals surface area contributed by atoms with Gasteiger partial charge in [-0.2, -0.15) is 0 Å². The van der Waals surface area contributed by atoms with E-state index in [-0.39, 0.29) is 0 Å². The maximum atomic E-state index is 5.66. The first kappa shape index (κ1) is 10.5. The molecule has 0 aliphatic heterocycles. The highest BCUT2D eigenvalue weighted by Crippen LogP contribution is 2.19. The molecule has 0 saturated heterocycles. The van der Waals surface area contributed by atoms with Crippen LogP contribution >= 0.6 is 38.9 Å². The summed E-state index contributed by atoms with van der Waals surface area (Å²) < 4.78 is 1.16. The van der Waals surface area contributed by atoms with Crippen LogP contribution in [0.2, 0.25) is 0 Å². The largest absolute Gasteiger partial charge is 0.308 e. The Kier molecular flexibility index (Phi) is 4.57. The predicted octanol–water partition coefficient (Wildman–Crippen LogP) is 3.23. The molecule has 4 heteroatoms. The Morgan fingerprint density at radius 2 is 2.50 bits per heavy atom. The number of rotatable bonds is 4. The topological polar surface area (TPSA) is 12.0 Å². The van der Waals surface area contributed by atoms with Gasteiger partial charge in [0, 0.05) is 33.2 Å². The summed E-state index contributed by atoms with van der Waals surface area (Å²) in [4.78, 5) is 1.33. The maximum absolute atomic E-state index is 5.66. The number of hydrogen-bond acceptors (Lipinski definition) is 2. The molecular weight excluding hydrogens is 258 g/mol. The zero-order valence-electron chi connectivity index (χ0n) is 6.81. The highest BCUT2D eigenvalue weighted by Gasteiger charge is 2.00. The van der Waals surface area contributed by atoms with Crippen LogP contribution in [0.3, 0.4) is 0 Å². The third kappa shape index (κ3) is 3.44. The number of hydrogen-bond donors (Lipinski definition) is 1. The lowest BCUT2D eigenvalue weighted by atomic mass is 10.3. The van der Waals surface area contributed by atoms with E-state index in [1.54, 1.807) is 11.3 Å². The Bertz CT molecular complexity index is 239. The molecule has 0 radical (unpaired) electrons. The van der Waals surface area contributed by atoms with E-state index in [0.717, 1.165) is 11.0 Å². The fraction of sp³-hybridized carbons (Fsp3) is 0.500. The van der Waals surface area contributed by atoms with Crippen LogP contribution in [0.5, 0.6) is 0 Å². The maximum Gasteiger partial charge on any atom is 0.0374 e. The van der Waals surface area contributed by atoms with E-state index in [9.17, 15) is 0 Å². The van der Waals surface area contributed by atoms with Crippen LogP contribution in [0.4, 0.5) is 0 Å². The number of thiophene rings is 1. The molecule has 0 saturated carbocycles. The van der Waals surface area contributed by atoms with E-state index in [4.69, 9.17) is 11.6 Å². The SMILES string of the molecule is CC(CCl)NCc1cc(Br)cs1. The normalized spacial score (nSPS) is 13.2. The Morgan fingerprint density at radius 3 is 3.00 bits per heavy atom. The molecule has 1 heterocycles. The lowest BCUT2D eigenvalue weighted by Crippen LogP contribution is -2.26. The van der Waals surface area contributed by atoms with E-state index >= 15 is 0 Å². The standard InChI is InChI=1S/C8H11BrClNS/c1-6(3-10)11-4-8-2-7(9)5-12-8/h2,5-6,11H,3-4H2,1H3. The van der Waals surface area contributed by atoms with Gasteiger partial charge in [-0.1, -0.05) is 0 Å². The Hall–Kier alpha value is 0.430. The smallest absolute Gasteiger partial charge is 0.0374 e. The summed E-state index contributed by atoms with van der Waals surface area (Å²) in [5.41, 5.74) is 0. The molecule has 1 unspecified atom stereocenters. The Balaban J connectivity index is 2.33. The van der Waals surface area contributed by atoms with E-state index < -0.39 is 0 Å². The molecule has 0 bridgehead atoms. The minimum Gasteiger partial charge on any atom is -0.308 e. The van der Waals surface area contributed by atoms with Gasteiger partial charge in [0.2, 0.25) is 0 Å². The molecule has 1 rings (SSSR count). The van der Waals surface area contributed by atoms with Crippen molar-refractivity contribution in [2.24, 2.45) is 0 Å². The molecule has 0 aliphatic rings. The molecule has 1 N–H and O–H groups in total. The summed E-state index contributed by atoms with van der Waals surface area (Å²) in [5.74, 6) is 0.659. The second kappa shape index (κ2) is 5.22. The fourth-order valence-electron chi connectivity index (χ4n) is 0.776.